The Bertz CT molecular complexity index is 311. The standard InChI is InChI=1S/C11H19N3O3/c1-12-8-9(13-2)5-6-10(15)14-7-3-4-11(16)17/h8H,3-7H2,1-2H3,(H,14,15)(H,16,17). The summed E-state index contributed by atoms with van der Waals surface area (Å²) >= 11 is 0. The summed E-state index contributed by atoms with van der Waals surface area (Å²) in [6, 6.07) is 0. The van der Waals surface area contributed by atoms with E-state index in [9.17, 15) is 9.59 Å². The monoisotopic (exact) mass is 241 g/mol. The Labute approximate surface area is 101 Å². The van der Waals surface area contributed by atoms with E-state index in [-0.39, 0.29) is 12.3 Å². The number of nitrogens with zero attached hydrogens (tertiary/aromatic N) is 2. The molecule has 0 aromatic heterocycles. The Hall–Kier alpha value is -1.72. The van der Waals surface area contributed by atoms with Gasteiger partial charge in [-0.25, -0.2) is 0 Å². The van der Waals surface area contributed by atoms with Gasteiger partial charge in [-0.15, -0.1) is 0 Å². The van der Waals surface area contributed by atoms with Crippen LogP contribution in [-0.2, 0) is 9.59 Å². The number of amides is 1. The van der Waals surface area contributed by atoms with E-state index >= 15 is 0 Å². The fourth-order valence-electron chi connectivity index (χ4n) is 1.18. The van der Waals surface area contributed by atoms with Crippen molar-refractivity contribution in [3.63, 3.8) is 0 Å². The normalized spacial score (nSPS) is 11.8. The first-order chi connectivity index (χ1) is 8.10. The van der Waals surface area contributed by atoms with Crippen LogP contribution in [0.15, 0.2) is 9.98 Å². The summed E-state index contributed by atoms with van der Waals surface area (Å²) in [6.07, 6.45) is 3.03. The molecule has 0 radical (unpaired) electrons. The fourth-order valence-corrected chi connectivity index (χ4v) is 1.18. The minimum atomic E-state index is -0.848. The van der Waals surface area contributed by atoms with Crippen LogP contribution in [0.1, 0.15) is 25.7 Å². The molecule has 17 heavy (non-hydrogen) atoms. The van der Waals surface area contributed by atoms with Crippen molar-refractivity contribution in [2.45, 2.75) is 25.7 Å². The van der Waals surface area contributed by atoms with Crippen molar-refractivity contribution < 1.29 is 14.7 Å². The van der Waals surface area contributed by atoms with Gasteiger partial charge in [0.15, 0.2) is 0 Å². The molecule has 0 aliphatic heterocycles. The van der Waals surface area contributed by atoms with Crippen LogP contribution in [0, 0.1) is 0 Å². The molecule has 6 heteroatoms. The lowest BCUT2D eigenvalue weighted by Gasteiger charge is -2.03. The summed E-state index contributed by atoms with van der Waals surface area (Å²) in [5.74, 6) is -0.945. The average Bonchev–Trinajstić information content (AvgIpc) is 2.29. The van der Waals surface area contributed by atoms with E-state index in [0.717, 1.165) is 5.71 Å². The van der Waals surface area contributed by atoms with Crippen molar-refractivity contribution >= 4 is 23.8 Å². The zero-order chi connectivity index (χ0) is 13.1. The predicted octanol–water partition coefficient (Wildman–Crippen LogP) is 0.519. The van der Waals surface area contributed by atoms with Crippen LogP contribution in [0.4, 0.5) is 0 Å². The maximum absolute atomic E-state index is 11.4. The largest absolute Gasteiger partial charge is 0.481 e. The predicted molar refractivity (Wildman–Crippen MR) is 66.9 cm³/mol. The SMILES string of the molecule is CN=CC(CCC(=O)NCCCC(=O)O)=NC. The number of hydrogen-bond donors (Lipinski definition) is 2. The van der Waals surface area contributed by atoms with Crippen LogP contribution in [0.5, 0.6) is 0 Å². The molecule has 0 spiro atoms. The lowest BCUT2D eigenvalue weighted by Crippen LogP contribution is -2.25. The maximum Gasteiger partial charge on any atom is 0.303 e. The van der Waals surface area contributed by atoms with Crippen LogP contribution >= 0.6 is 0 Å². The maximum atomic E-state index is 11.4. The Morgan fingerprint density at radius 1 is 1.24 bits per heavy atom. The van der Waals surface area contributed by atoms with Crippen LogP contribution in [0.3, 0.4) is 0 Å². The second-order valence-electron chi connectivity index (χ2n) is 3.45. The lowest BCUT2D eigenvalue weighted by molar-refractivity contribution is -0.137. The van der Waals surface area contributed by atoms with Gasteiger partial charge in [0, 0.05) is 39.7 Å². The molecular weight excluding hydrogens is 222 g/mol. The van der Waals surface area contributed by atoms with Crippen molar-refractivity contribution in [3.05, 3.63) is 0 Å². The summed E-state index contributed by atoms with van der Waals surface area (Å²) in [6.45, 7) is 0.394. The highest BCUT2D eigenvalue weighted by Gasteiger charge is 2.03. The van der Waals surface area contributed by atoms with Gasteiger partial charge in [0.2, 0.25) is 5.91 Å². The molecule has 0 bridgehead atoms. The molecule has 0 aromatic rings. The Morgan fingerprint density at radius 3 is 2.47 bits per heavy atom. The third kappa shape index (κ3) is 9.22. The van der Waals surface area contributed by atoms with Crippen LogP contribution in [0.2, 0.25) is 0 Å². The minimum absolute atomic E-state index is 0.0739. The Morgan fingerprint density at radius 2 is 1.94 bits per heavy atom. The summed E-state index contributed by atoms with van der Waals surface area (Å²) in [5.41, 5.74) is 0.771. The van der Waals surface area contributed by atoms with Gasteiger partial charge in [-0.1, -0.05) is 0 Å². The fraction of sp³-hybridized carbons (Fsp3) is 0.636. The first-order valence-corrected chi connectivity index (χ1v) is 5.46. The summed E-state index contributed by atoms with van der Waals surface area (Å²) in [4.78, 5) is 29.4. The number of aliphatic imine (C=N–C) groups is 2. The Balaban J connectivity index is 3.69. The number of aliphatic carboxylic acids is 1. The van der Waals surface area contributed by atoms with Crippen LogP contribution in [0.25, 0.3) is 0 Å². The van der Waals surface area contributed by atoms with E-state index in [0.29, 0.717) is 25.8 Å². The van der Waals surface area contributed by atoms with Crippen molar-refractivity contribution in [2.24, 2.45) is 9.98 Å². The molecule has 0 heterocycles. The lowest BCUT2D eigenvalue weighted by atomic mass is 10.2. The van der Waals surface area contributed by atoms with Gasteiger partial charge in [0.05, 0.1) is 5.71 Å². The molecule has 0 unspecified atom stereocenters. The zero-order valence-corrected chi connectivity index (χ0v) is 10.3. The molecule has 0 aromatic carbocycles. The van der Waals surface area contributed by atoms with E-state index in [1.165, 1.54) is 0 Å². The number of nitrogens with one attached hydrogen (secondary N) is 1. The first-order valence-electron chi connectivity index (χ1n) is 5.46. The van der Waals surface area contributed by atoms with Gasteiger partial charge in [0.1, 0.15) is 0 Å². The second-order valence-corrected chi connectivity index (χ2v) is 3.45. The van der Waals surface area contributed by atoms with Crippen LogP contribution in [-0.4, -0.2) is 49.5 Å². The van der Waals surface area contributed by atoms with Gasteiger partial charge in [0.25, 0.3) is 0 Å². The molecule has 2 N–H and O–H groups in total. The smallest absolute Gasteiger partial charge is 0.303 e. The molecule has 0 saturated heterocycles. The van der Waals surface area contributed by atoms with Crippen molar-refractivity contribution in [3.8, 4) is 0 Å². The van der Waals surface area contributed by atoms with Gasteiger partial charge in [-0.2, -0.15) is 0 Å². The van der Waals surface area contributed by atoms with Crippen molar-refractivity contribution in [1.29, 1.82) is 0 Å². The summed E-state index contributed by atoms with van der Waals surface area (Å²) in [5, 5.41) is 11.1. The highest BCUT2D eigenvalue weighted by Crippen LogP contribution is 1.93. The van der Waals surface area contributed by atoms with Gasteiger partial charge < -0.3 is 10.4 Å². The second kappa shape index (κ2) is 9.50. The quantitative estimate of drug-likeness (QED) is 0.479. The third-order valence-electron chi connectivity index (χ3n) is 2.06. The molecule has 0 saturated carbocycles. The van der Waals surface area contributed by atoms with Gasteiger partial charge >= 0.3 is 5.97 Å². The molecule has 96 valence electrons. The average molecular weight is 241 g/mol. The van der Waals surface area contributed by atoms with E-state index in [2.05, 4.69) is 15.3 Å². The number of carbonyl (C=O) groups is 2. The molecule has 0 rings (SSSR count). The molecule has 1 amide bonds. The van der Waals surface area contributed by atoms with E-state index < -0.39 is 5.97 Å². The van der Waals surface area contributed by atoms with Crippen molar-refractivity contribution in [1.82, 2.24) is 5.32 Å². The van der Waals surface area contributed by atoms with E-state index in [1.54, 1.807) is 20.3 Å². The molecule has 0 atom stereocenters. The molecule has 0 aliphatic carbocycles. The van der Waals surface area contributed by atoms with Gasteiger partial charge in [-0.05, 0) is 12.8 Å². The van der Waals surface area contributed by atoms with Gasteiger partial charge in [-0.3, -0.25) is 19.6 Å². The summed E-state index contributed by atoms with van der Waals surface area (Å²) in [7, 11) is 3.30. The number of carboxylic acid groups (broad SMARTS) is 1. The zero-order valence-electron chi connectivity index (χ0n) is 10.3. The number of rotatable bonds is 8. The number of carbonyl (C=O) groups excluding carboxylic acids is 1. The van der Waals surface area contributed by atoms with Crippen molar-refractivity contribution in [2.75, 3.05) is 20.6 Å². The summed E-state index contributed by atoms with van der Waals surface area (Å²) < 4.78 is 0. The van der Waals surface area contributed by atoms with E-state index in [4.69, 9.17) is 5.11 Å². The molecule has 6 nitrogen and oxygen atoms in total. The molecule has 0 aliphatic rings. The Kier molecular flexibility index (Phi) is 8.54. The first kappa shape index (κ1) is 15.3. The highest BCUT2D eigenvalue weighted by molar-refractivity contribution is 6.30. The highest BCUT2D eigenvalue weighted by atomic mass is 16.4. The van der Waals surface area contributed by atoms with Crippen LogP contribution < -0.4 is 5.32 Å². The molecular formula is C11H19N3O3. The third-order valence-corrected chi connectivity index (χ3v) is 2.06. The minimum Gasteiger partial charge on any atom is -0.481 e. The topological polar surface area (TPSA) is 91.1 Å². The molecule has 0 fully saturated rings. The van der Waals surface area contributed by atoms with E-state index in [1.807, 2.05) is 0 Å². The number of hydrogen-bond acceptors (Lipinski definition) is 4. The number of carboxylic acids is 1.